The number of carbonyl (C=O) groups is 4. The Labute approximate surface area is 259 Å². The maximum Gasteiger partial charge on any atom is 0.408 e. The largest absolute Gasteiger partial charge is 0.444 e. The summed E-state index contributed by atoms with van der Waals surface area (Å²) in [5.74, 6) is -2.14. The molecule has 4 rings (SSSR count). The van der Waals surface area contributed by atoms with Gasteiger partial charge in [-0.25, -0.2) is 9.52 Å². The lowest BCUT2D eigenvalue weighted by molar-refractivity contribution is -0.141. The summed E-state index contributed by atoms with van der Waals surface area (Å²) in [6.45, 7) is 5.58. The van der Waals surface area contributed by atoms with Gasteiger partial charge in [-0.15, -0.1) is 0 Å². The molecule has 0 aromatic carbocycles. The van der Waals surface area contributed by atoms with Crippen LogP contribution in [-0.2, 0) is 35.8 Å². The molecule has 1 saturated carbocycles. The molecule has 0 bridgehead atoms. The van der Waals surface area contributed by atoms with Crippen molar-refractivity contribution in [2.24, 2.45) is 5.92 Å². The Kier molecular flexibility index (Phi) is 10.7. The summed E-state index contributed by atoms with van der Waals surface area (Å²) in [6.07, 6.45) is 11.3. The first-order valence-corrected chi connectivity index (χ1v) is 16.8. The predicted molar refractivity (Wildman–Crippen MR) is 162 cm³/mol. The lowest BCUT2D eigenvalue weighted by Gasteiger charge is -2.30. The number of amides is 4. The second-order valence-electron chi connectivity index (χ2n) is 12.7. The van der Waals surface area contributed by atoms with Gasteiger partial charge in [0.25, 0.3) is 5.91 Å². The van der Waals surface area contributed by atoms with E-state index in [2.05, 4.69) is 25.1 Å². The zero-order valence-corrected chi connectivity index (χ0v) is 26.5. The Hall–Kier alpha value is -3.52. The minimum Gasteiger partial charge on any atom is -0.444 e. The molecule has 0 radical (unpaired) electrons. The van der Waals surface area contributed by atoms with Crippen LogP contribution in [0.4, 0.5) is 4.79 Å². The van der Waals surface area contributed by atoms with Gasteiger partial charge >= 0.3 is 16.3 Å². The van der Waals surface area contributed by atoms with Gasteiger partial charge in [0.1, 0.15) is 23.2 Å². The first-order valence-electron chi connectivity index (χ1n) is 15.3. The summed E-state index contributed by atoms with van der Waals surface area (Å²) < 4.78 is 35.4. The van der Waals surface area contributed by atoms with Crippen LogP contribution < -0.4 is 20.1 Å². The molecule has 0 spiro atoms. The topological polar surface area (TPSA) is 176 Å². The van der Waals surface area contributed by atoms with E-state index in [-0.39, 0.29) is 18.9 Å². The monoisotopic (exact) mass is 632 g/mol. The molecule has 4 N–H and O–H groups in total. The first-order chi connectivity index (χ1) is 20.8. The number of rotatable bonds is 7. The average Bonchev–Trinajstić information content (AvgIpc) is 3.40. The smallest absolute Gasteiger partial charge is 0.408 e. The Morgan fingerprint density at radius 1 is 1.16 bits per heavy atom. The van der Waals surface area contributed by atoms with Crippen LogP contribution in [-0.4, -0.2) is 78.4 Å². The van der Waals surface area contributed by atoms with Gasteiger partial charge < -0.3 is 20.3 Å². The summed E-state index contributed by atoms with van der Waals surface area (Å²) in [5.41, 5.74) is -1.37. The number of nitrogens with one attached hydrogen (secondary N) is 4. The van der Waals surface area contributed by atoms with Gasteiger partial charge in [-0.3, -0.25) is 19.4 Å². The highest BCUT2D eigenvalue weighted by molar-refractivity contribution is 7.88. The van der Waals surface area contributed by atoms with Crippen LogP contribution in [0.2, 0.25) is 0 Å². The van der Waals surface area contributed by atoms with Gasteiger partial charge in [0.05, 0.1) is 0 Å². The average molecular weight is 633 g/mol. The zero-order chi connectivity index (χ0) is 32.0. The standard InChI is InChI=1S/C30H44N6O7S/c1-29(2,3)43-28(40)33-23-13-8-6-4-5-7-12-22-19-30(22,34-25(37)24-14-10-18-36(24)26(23)38)27(39)35-44(41,42)32-17-15-21-11-9-16-31-20-21/h7,9,11-12,16,20,22-24,32H,4-6,8,10,13-15,17-19H2,1-3H3,(H,33,40)(H,34,37)(H,35,39)/b12-7-/t22-,23+,24+,30-/m1/s1. The Bertz CT molecular complexity index is 1350. The molecule has 13 nitrogen and oxygen atoms in total. The molecule has 242 valence electrons. The molecule has 2 aliphatic heterocycles. The fourth-order valence-corrected chi connectivity index (χ4v) is 6.54. The van der Waals surface area contributed by atoms with Gasteiger partial charge in [-0.2, -0.15) is 13.1 Å². The molecule has 3 heterocycles. The molecule has 1 aromatic rings. The highest BCUT2D eigenvalue weighted by atomic mass is 32.2. The number of alkyl carbamates (subject to hydrolysis) is 1. The van der Waals surface area contributed by atoms with E-state index in [4.69, 9.17) is 4.74 Å². The van der Waals surface area contributed by atoms with Gasteiger partial charge in [-0.05, 0) is 77.3 Å². The van der Waals surface area contributed by atoms with Crippen LogP contribution in [0, 0.1) is 5.92 Å². The molecule has 14 heteroatoms. The number of hydrogen-bond donors (Lipinski definition) is 4. The highest BCUT2D eigenvalue weighted by Gasteiger charge is 2.61. The Morgan fingerprint density at radius 3 is 2.68 bits per heavy atom. The molecular weight excluding hydrogens is 588 g/mol. The third-order valence-electron chi connectivity index (χ3n) is 7.98. The molecular formula is C30H44N6O7S. The van der Waals surface area contributed by atoms with E-state index >= 15 is 0 Å². The van der Waals surface area contributed by atoms with E-state index in [1.54, 1.807) is 39.2 Å². The Balaban J connectivity index is 1.47. The van der Waals surface area contributed by atoms with Gasteiger partial charge in [0, 0.05) is 31.4 Å². The van der Waals surface area contributed by atoms with Crippen molar-refractivity contribution in [3.8, 4) is 0 Å². The van der Waals surface area contributed by atoms with Crippen molar-refractivity contribution < 1.29 is 32.3 Å². The van der Waals surface area contributed by atoms with Crippen molar-refractivity contribution >= 4 is 34.0 Å². The second-order valence-corrected chi connectivity index (χ2v) is 14.2. The van der Waals surface area contributed by atoms with E-state index in [1.165, 1.54) is 4.90 Å². The lowest BCUT2D eigenvalue weighted by atomic mass is 10.0. The van der Waals surface area contributed by atoms with Crippen LogP contribution in [0.25, 0.3) is 0 Å². The van der Waals surface area contributed by atoms with Crippen LogP contribution in [0.3, 0.4) is 0 Å². The zero-order valence-electron chi connectivity index (χ0n) is 25.6. The molecule has 1 saturated heterocycles. The maximum atomic E-state index is 13.7. The quantitative estimate of drug-likeness (QED) is 0.329. The summed E-state index contributed by atoms with van der Waals surface area (Å²) in [7, 11) is -4.22. The summed E-state index contributed by atoms with van der Waals surface area (Å²) >= 11 is 0. The molecule has 1 aromatic heterocycles. The maximum absolute atomic E-state index is 13.7. The minimum atomic E-state index is -4.22. The lowest BCUT2D eigenvalue weighted by Crippen LogP contribution is -2.59. The van der Waals surface area contributed by atoms with E-state index < -0.39 is 57.3 Å². The van der Waals surface area contributed by atoms with Crippen LogP contribution >= 0.6 is 0 Å². The summed E-state index contributed by atoms with van der Waals surface area (Å²) in [6, 6.07) is 1.84. The normalized spacial score (nSPS) is 27.1. The number of hydrogen-bond acceptors (Lipinski definition) is 8. The van der Waals surface area contributed by atoms with Crippen LogP contribution in [0.15, 0.2) is 36.7 Å². The Morgan fingerprint density at radius 2 is 1.95 bits per heavy atom. The van der Waals surface area contributed by atoms with Crippen LogP contribution in [0.5, 0.6) is 0 Å². The van der Waals surface area contributed by atoms with E-state index in [1.807, 2.05) is 18.2 Å². The van der Waals surface area contributed by atoms with Crippen molar-refractivity contribution in [2.75, 3.05) is 13.1 Å². The number of ether oxygens (including phenoxy) is 1. The third kappa shape index (κ3) is 9.00. The fraction of sp³-hybridized carbons (Fsp3) is 0.633. The van der Waals surface area contributed by atoms with Crippen molar-refractivity contribution in [3.63, 3.8) is 0 Å². The predicted octanol–water partition coefficient (Wildman–Crippen LogP) is 1.85. The first kappa shape index (κ1) is 33.4. The van der Waals surface area contributed by atoms with E-state index in [0.29, 0.717) is 45.1 Å². The van der Waals surface area contributed by atoms with Crippen LogP contribution in [0.1, 0.15) is 77.7 Å². The molecule has 4 atom stereocenters. The van der Waals surface area contributed by atoms with Crippen molar-refractivity contribution in [1.82, 2.24) is 30.0 Å². The van der Waals surface area contributed by atoms with Crippen molar-refractivity contribution in [3.05, 3.63) is 42.2 Å². The third-order valence-corrected chi connectivity index (χ3v) is 9.02. The fourth-order valence-electron chi connectivity index (χ4n) is 5.67. The van der Waals surface area contributed by atoms with E-state index in [0.717, 1.165) is 18.4 Å². The molecule has 1 aliphatic carbocycles. The molecule has 2 fully saturated rings. The van der Waals surface area contributed by atoms with Crippen molar-refractivity contribution in [2.45, 2.75) is 102 Å². The SMILES string of the molecule is CC(C)(C)OC(=O)N[C@H]1CCCCC/C=C\[C@@H]2C[C@@]2(C(=O)NS(=O)(=O)NCCc2cccnc2)NC(=O)[C@@H]2CCCN2C1=O. The molecule has 0 unspecified atom stereocenters. The number of aromatic nitrogens is 1. The number of carbonyl (C=O) groups excluding carboxylic acids is 4. The number of nitrogens with zero attached hydrogens (tertiary/aromatic N) is 2. The second kappa shape index (κ2) is 14.1. The van der Waals surface area contributed by atoms with E-state index in [9.17, 15) is 27.6 Å². The summed E-state index contributed by atoms with van der Waals surface area (Å²) in [4.78, 5) is 58.8. The molecule has 4 amide bonds. The molecule has 44 heavy (non-hydrogen) atoms. The van der Waals surface area contributed by atoms with Crippen molar-refractivity contribution in [1.29, 1.82) is 0 Å². The molecule has 3 aliphatic rings. The highest BCUT2D eigenvalue weighted by Crippen LogP contribution is 2.45. The van der Waals surface area contributed by atoms with Gasteiger partial charge in [-0.1, -0.05) is 31.1 Å². The number of pyridine rings is 1. The van der Waals surface area contributed by atoms with Gasteiger partial charge in [0.2, 0.25) is 11.8 Å². The number of fused-ring (bicyclic) bond motifs is 2. The minimum absolute atomic E-state index is 0.0502. The summed E-state index contributed by atoms with van der Waals surface area (Å²) in [5, 5.41) is 5.51. The van der Waals surface area contributed by atoms with Gasteiger partial charge in [0.15, 0.2) is 0 Å². The number of allylic oxidation sites excluding steroid dienone is 1.